The average Bonchev–Trinajstić information content (AvgIpc) is 2.72. The van der Waals surface area contributed by atoms with Gasteiger partial charge in [-0.2, -0.15) is 5.26 Å². The van der Waals surface area contributed by atoms with Crippen molar-refractivity contribution in [3.05, 3.63) is 68.6 Å². The number of amides is 2. The average molecular weight is 414 g/mol. The third kappa shape index (κ3) is 3.36. The highest BCUT2D eigenvalue weighted by atomic mass is 32.2. The van der Waals surface area contributed by atoms with Crippen LogP contribution in [0, 0.1) is 17.1 Å². The molecule has 148 valence electrons. The summed E-state index contributed by atoms with van der Waals surface area (Å²) in [6.45, 7) is 0. The number of carbonyl (C=O) groups is 3. The standard InChI is InChI=1S/C19H15FN4O4S/c1-23-17(26)15-14(9-3-5-10(20)6-4-9)11(8-21)16(22)24-13(25)7-12(19(27)28-2)29-18(15)24/h3-7,14H,22H2,1-2H3,(H,23,26)/t14-/m1/s1. The molecular weight excluding hydrogens is 399 g/mol. The van der Waals surface area contributed by atoms with Gasteiger partial charge in [0.2, 0.25) is 0 Å². The molecule has 0 aliphatic carbocycles. The summed E-state index contributed by atoms with van der Waals surface area (Å²) in [4.78, 5) is 38.4. The number of allylic oxidation sites excluding steroid dienone is 1. The highest BCUT2D eigenvalue weighted by Gasteiger charge is 2.43. The second-order valence-electron chi connectivity index (χ2n) is 5.97. The van der Waals surface area contributed by atoms with Crippen molar-refractivity contribution in [2.45, 2.75) is 5.92 Å². The smallest absolute Gasteiger partial charge is 0.344 e. The largest absolute Gasteiger partial charge is 0.465 e. The number of hydrogen-bond acceptors (Lipinski definition) is 7. The fourth-order valence-electron chi connectivity index (χ4n) is 3.07. The number of likely N-dealkylation sites (N-methyl/N-ethyl adjacent to an activating group) is 1. The van der Waals surface area contributed by atoms with Gasteiger partial charge < -0.3 is 15.8 Å². The van der Waals surface area contributed by atoms with Gasteiger partial charge in [-0.1, -0.05) is 23.9 Å². The highest BCUT2D eigenvalue weighted by Crippen LogP contribution is 2.47. The van der Waals surface area contributed by atoms with Gasteiger partial charge in [0.15, 0.2) is 0 Å². The summed E-state index contributed by atoms with van der Waals surface area (Å²) in [6, 6.07) is 7.19. The Kier molecular flexibility index (Phi) is 5.43. The van der Waals surface area contributed by atoms with Crippen molar-refractivity contribution in [3.63, 3.8) is 0 Å². The lowest BCUT2D eigenvalue weighted by atomic mass is 9.82. The predicted octanol–water partition coefficient (Wildman–Crippen LogP) is 1.21. The molecule has 0 fully saturated rings. The number of carbonyl (C=O) groups excluding carboxylic acids is 3. The van der Waals surface area contributed by atoms with Crippen molar-refractivity contribution < 1.29 is 23.5 Å². The third-order valence-corrected chi connectivity index (χ3v) is 5.49. The maximum absolute atomic E-state index is 13.4. The number of benzene rings is 1. The number of nitrogens with zero attached hydrogens (tertiary/aromatic N) is 2. The maximum atomic E-state index is 13.4. The van der Waals surface area contributed by atoms with E-state index in [1.165, 1.54) is 38.4 Å². The number of esters is 1. The SMILES string of the molecule is CNC(=O)C1=C2SC(C(=O)OC)=CC(=O)N2C(N)=C(C#N)[C@H]1c1ccc(F)cc1. The zero-order valence-corrected chi connectivity index (χ0v) is 16.2. The van der Waals surface area contributed by atoms with Crippen molar-refractivity contribution in [2.75, 3.05) is 14.2 Å². The molecular formula is C19H15FN4O4S. The van der Waals surface area contributed by atoms with E-state index in [2.05, 4.69) is 10.1 Å². The van der Waals surface area contributed by atoms with Gasteiger partial charge in [-0.3, -0.25) is 14.5 Å². The second kappa shape index (κ2) is 7.81. The molecule has 1 aromatic carbocycles. The molecule has 0 aromatic heterocycles. The molecule has 3 N–H and O–H groups in total. The van der Waals surface area contributed by atoms with E-state index < -0.39 is 29.5 Å². The van der Waals surface area contributed by atoms with E-state index in [1.807, 2.05) is 6.07 Å². The predicted molar refractivity (Wildman–Crippen MR) is 102 cm³/mol. The van der Waals surface area contributed by atoms with Gasteiger partial charge >= 0.3 is 5.97 Å². The van der Waals surface area contributed by atoms with Gasteiger partial charge in [0.25, 0.3) is 11.8 Å². The van der Waals surface area contributed by atoms with Crippen LogP contribution in [0.2, 0.25) is 0 Å². The number of rotatable bonds is 3. The number of ether oxygens (including phenoxy) is 1. The quantitative estimate of drug-likeness (QED) is 0.712. The number of fused-ring (bicyclic) bond motifs is 1. The molecule has 29 heavy (non-hydrogen) atoms. The molecule has 0 spiro atoms. The van der Waals surface area contributed by atoms with Crippen LogP contribution in [-0.2, 0) is 19.1 Å². The molecule has 0 saturated carbocycles. The second-order valence-corrected chi connectivity index (χ2v) is 7.00. The van der Waals surface area contributed by atoms with E-state index in [4.69, 9.17) is 5.73 Å². The number of nitriles is 1. The summed E-state index contributed by atoms with van der Waals surface area (Å²) in [6.07, 6.45) is 1.03. The molecule has 0 radical (unpaired) electrons. The zero-order valence-electron chi connectivity index (χ0n) is 15.4. The van der Waals surface area contributed by atoms with E-state index in [0.717, 1.165) is 22.7 Å². The van der Waals surface area contributed by atoms with Crippen molar-refractivity contribution in [1.29, 1.82) is 5.26 Å². The fraction of sp³-hybridized carbons (Fsp3) is 0.158. The monoisotopic (exact) mass is 414 g/mol. The van der Waals surface area contributed by atoms with Crippen LogP contribution in [0.4, 0.5) is 4.39 Å². The Morgan fingerprint density at radius 2 is 2.00 bits per heavy atom. The Hall–Kier alpha value is -3.58. The normalized spacial score (nSPS) is 18.7. The topological polar surface area (TPSA) is 126 Å². The van der Waals surface area contributed by atoms with E-state index in [9.17, 15) is 24.0 Å². The Morgan fingerprint density at radius 1 is 1.34 bits per heavy atom. The summed E-state index contributed by atoms with van der Waals surface area (Å²) in [5, 5.41) is 12.3. The van der Waals surface area contributed by atoms with Crippen LogP contribution in [0.1, 0.15) is 11.5 Å². The van der Waals surface area contributed by atoms with Crippen molar-refractivity contribution in [3.8, 4) is 6.07 Å². The Labute approximate surface area is 169 Å². The first-order valence-corrected chi connectivity index (χ1v) is 9.09. The summed E-state index contributed by atoms with van der Waals surface area (Å²) in [5.41, 5.74) is 6.54. The van der Waals surface area contributed by atoms with Crippen molar-refractivity contribution >= 4 is 29.5 Å². The van der Waals surface area contributed by atoms with Crippen LogP contribution in [-0.4, -0.2) is 36.8 Å². The Bertz CT molecular complexity index is 1050. The van der Waals surface area contributed by atoms with Crippen LogP contribution in [0.25, 0.3) is 0 Å². The first kappa shape index (κ1) is 20.2. The number of thioether (sulfide) groups is 1. The van der Waals surface area contributed by atoms with Gasteiger partial charge in [0, 0.05) is 13.1 Å². The lowest BCUT2D eigenvalue weighted by molar-refractivity contribution is -0.135. The molecule has 2 aliphatic heterocycles. The van der Waals surface area contributed by atoms with Crippen LogP contribution in [0.5, 0.6) is 0 Å². The molecule has 3 rings (SSSR count). The molecule has 1 atom stereocenters. The third-order valence-electron chi connectivity index (χ3n) is 4.39. The summed E-state index contributed by atoms with van der Waals surface area (Å²) in [5.74, 6) is -3.63. The minimum absolute atomic E-state index is 0.0313. The Balaban J connectivity index is 2.30. The minimum Gasteiger partial charge on any atom is -0.465 e. The first-order chi connectivity index (χ1) is 13.8. The van der Waals surface area contributed by atoms with E-state index in [-0.39, 0.29) is 26.9 Å². The first-order valence-electron chi connectivity index (χ1n) is 8.27. The lowest BCUT2D eigenvalue weighted by Crippen LogP contribution is -2.42. The van der Waals surface area contributed by atoms with Crippen molar-refractivity contribution in [1.82, 2.24) is 10.2 Å². The van der Waals surface area contributed by atoms with Crippen LogP contribution in [0.3, 0.4) is 0 Å². The highest BCUT2D eigenvalue weighted by molar-refractivity contribution is 8.07. The van der Waals surface area contributed by atoms with Gasteiger partial charge in [-0.15, -0.1) is 0 Å². The van der Waals surface area contributed by atoms with Gasteiger partial charge in [0.05, 0.1) is 35.3 Å². The number of halogens is 1. The molecule has 10 heteroatoms. The van der Waals surface area contributed by atoms with E-state index in [1.54, 1.807) is 0 Å². The summed E-state index contributed by atoms with van der Waals surface area (Å²) < 4.78 is 18.1. The molecule has 2 heterocycles. The van der Waals surface area contributed by atoms with Gasteiger partial charge in [-0.25, -0.2) is 9.18 Å². The fourth-order valence-corrected chi connectivity index (χ4v) is 4.21. The molecule has 8 nitrogen and oxygen atoms in total. The number of nitrogens with two attached hydrogens (primary N) is 1. The van der Waals surface area contributed by atoms with E-state index >= 15 is 0 Å². The molecule has 0 bridgehead atoms. The van der Waals surface area contributed by atoms with Gasteiger partial charge in [0.1, 0.15) is 16.5 Å². The van der Waals surface area contributed by atoms with Gasteiger partial charge in [-0.05, 0) is 17.7 Å². The molecule has 0 unspecified atom stereocenters. The molecule has 2 aliphatic rings. The molecule has 0 saturated heterocycles. The van der Waals surface area contributed by atoms with Crippen LogP contribution >= 0.6 is 11.8 Å². The minimum atomic E-state index is -0.955. The number of hydrogen-bond donors (Lipinski definition) is 2. The summed E-state index contributed by atoms with van der Waals surface area (Å²) >= 11 is 0.834. The zero-order chi connectivity index (χ0) is 21.3. The molecule has 2 amide bonds. The van der Waals surface area contributed by atoms with Crippen LogP contribution < -0.4 is 11.1 Å². The van der Waals surface area contributed by atoms with Crippen LogP contribution in [0.15, 0.2) is 57.2 Å². The maximum Gasteiger partial charge on any atom is 0.344 e. The van der Waals surface area contributed by atoms with E-state index in [0.29, 0.717) is 5.56 Å². The van der Waals surface area contributed by atoms with Crippen molar-refractivity contribution in [2.24, 2.45) is 5.73 Å². The molecule has 1 aromatic rings. The Morgan fingerprint density at radius 3 is 2.55 bits per heavy atom. The summed E-state index contributed by atoms with van der Waals surface area (Å²) in [7, 11) is 2.56. The number of methoxy groups -OCH3 is 1. The number of nitrogens with one attached hydrogen (secondary N) is 1. The lowest BCUT2D eigenvalue weighted by Gasteiger charge is -2.37.